The first kappa shape index (κ1) is 14.1. The quantitative estimate of drug-likeness (QED) is 0.853. The Bertz CT molecular complexity index is 570. The molecular formula is C19H24O3. The molecule has 118 valence electrons. The van der Waals surface area contributed by atoms with Gasteiger partial charge in [0, 0.05) is 5.56 Å². The van der Waals surface area contributed by atoms with Crippen molar-refractivity contribution >= 4 is 6.29 Å². The Morgan fingerprint density at radius 2 is 1.77 bits per heavy atom. The second kappa shape index (κ2) is 5.00. The number of rotatable bonds is 4. The van der Waals surface area contributed by atoms with Crippen molar-refractivity contribution < 1.29 is 14.6 Å². The van der Waals surface area contributed by atoms with E-state index in [1.807, 2.05) is 13.0 Å². The highest BCUT2D eigenvalue weighted by atomic mass is 16.5. The summed E-state index contributed by atoms with van der Waals surface area (Å²) in [5, 5.41) is 10.7. The van der Waals surface area contributed by atoms with Crippen molar-refractivity contribution in [2.24, 2.45) is 17.8 Å². The zero-order valence-electron chi connectivity index (χ0n) is 13.2. The van der Waals surface area contributed by atoms with Gasteiger partial charge in [-0.1, -0.05) is 0 Å². The molecule has 0 saturated heterocycles. The molecule has 3 nitrogen and oxygen atoms in total. The summed E-state index contributed by atoms with van der Waals surface area (Å²) in [6.07, 6.45) is 8.35. The fraction of sp³-hybridized carbons (Fsp3) is 0.632. The molecule has 4 aliphatic rings. The number of carbonyl (C=O) groups excluding carboxylic acids is 1. The van der Waals surface area contributed by atoms with E-state index < -0.39 is 0 Å². The lowest BCUT2D eigenvalue weighted by Crippen LogP contribution is -2.48. The molecule has 0 radical (unpaired) electrons. The van der Waals surface area contributed by atoms with Gasteiger partial charge >= 0.3 is 0 Å². The SMILES string of the molecule is CCOc1cc(C=O)c(O)c(C23CC4CC(CC(C4)C2)C3)c1. The van der Waals surface area contributed by atoms with Gasteiger partial charge in [-0.05, 0) is 80.8 Å². The predicted molar refractivity (Wildman–Crippen MR) is 84.5 cm³/mol. The summed E-state index contributed by atoms with van der Waals surface area (Å²) < 4.78 is 5.64. The van der Waals surface area contributed by atoms with E-state index in [1.54, 1.807) is 6.07 Å². The lowest BCUT2D eigenvalue weighted by Gasteiger charge is -2.57. The molecule has 0 atom stereocenters. The highest BCUT2D eigenvalue weighted by Crippen LogP contribution is 2.62. The van der Waals surface area contributed by atoms with Crippen molar-refractivity contribution in [3.8, 4) is 11.5 Å². The first-order valence-electron chi connectivity index (χ1n) is 8.59. The number of phenolic OH excluding ortho intramolecular Hbond substituents is 1. The minimum absolute atomic E-state index is 0.0731. The summed E-state index contributed by atoms with van der Waals surface area (Å²) in [5.74, 6) is 3.33. The van der Waals surface area contributed by atoms with Crippen molar-refractivity contribution in [3.05, 3.63) is 23.3 Å². The molecule has 5 rings (SSSR count). The average molecular weight is 300 g/mol. The van der Waals surface area contributed by atoms with Crippen LogP contribution >= 0.6 is 0 Å². The van der Waals surface area contributed by atoms with Crippen LogP contribution in [0, 0.1) is 17.8 Å². The Kier molecular flexibility index (Phi) is 3.21. The summed E-state index contributed by atoms with van der Waals surface area (Å²) in [6.45, 7) is 2.52. The van der Waals surface area contributed by atoms with Crippen molar-refractivity contribution in [1.29, 1.82) is 0 Å². The van der Waals surface area contributed by atoms with Crippen molar-refractivity contribution in [2.75, 3.05) is 6.61 Å². The second-order valence-electron chi connectivity index (χ2n) is 7.66. The lowest BCUT2D eigenvalue weighted by atomic mass is 9.48. The molecule has 0 amide bonds. The van der Waals surface area contributed by atoms with E-state index in [0.717, 1.165) is 29.6 Å². The zero-order chi connectivity index (χ0) is 15.3. The van der Waals surface area contributed by atoms with E-state index in [0.29, 0.717) is 17.9 Å². The van der Waals surface area contributed by atoms with Crippen LogP contribution in [0.15, 0.2) is 12.1 Å². The van der Waals surface area contributed by atoms with Gasteiger partial charge in [-0.3, -0.25) is 4.79 Å². The highest BCUT2D eigenvalue weighted by molar-refractivity contribution is 5.81. The summed E-state index contributed by atoms with van der Waals surface area (Å²) in [4.78, 5) is 11.3. The van der Waals surface area contributed by atoms with Crippen molar-refractivity contribution in [2.45, 2.75) is 50.9 Å². The molecule has 4 aliphatic carbocycles. The van der Waals surface area contributed by atoms with Crippen LogP contribution in [0.4, 0.5) is 0 Å². The largest absolute Gasteiger partial charge is 0.507 e. The number of carbonyl (C=O) groups is 1. The minimum atomic E-state index is 0.0731. The van der Waals surface area contributed by atoms with E-state index in [-0.39, 0.29) is 11.2 Å². The first-order chi connectivity index (χ1) is 10.6. The van der Waals surface area contributed by atoms with Gasteiger partial charge in [0.1, 0.15) is 11.5 Å². The zero-order valence-corrected chi connectivity index (χ0v) is 13.2. The van der Waals surface area contributed by atoms with Crippen LogP contribution < -0.4 is 4.74 Å². The van der Waals surface area contributed by atoms with Crippen LogP contribution in [-0.4, -0.2) is 18.0 Å². The van der Waals surface area contributed by atoms with Gasteiger partial charge < -0.3 is 9.84 Å². The first-order valence-corrected chi connectivity index (χ1v) is 8.59. The highest BCUT2D eigenvalue weighted by Gasteiger charge is 2.52. The predicted octanol–water partition coefficient (Wildman–Crippen LogP) is 4.07. The van der Waals surface area contributed by atoms with E-state index in [1.165, 1.54) is 38.5 Å². The Balaban J connectivity index is 1.81. The number of aldehydes is 1. The van der Waals surface area contributed by atoms with Gasteiger partial charge in [0.2, 0.25) is 0 Å². The van der Waals surface area contributed by atoms with Crippen molar-refractivity contribution in [3.63, 3.8) is 0 Å². The van der Waals surface area contributed by atoms with Gasteiger partial charge in [-0.25, -0.2) is 0 Å². The van der Waals surface area contributed by atoms with Gasteiger partial charge in [-0.2, -0.15) is 0 Å². The van der Waals surface area contributed by atoms with Gasteiger partial charge in [-0.15, -0.1) is 0 Å². The smallest absolute Gasteiger partial charge is 0.153 e. The number of hydrogen-bond donors (Lipinski definition) is 1. The Morgan fingerprint density at radius 1 is 1.18 bits per heavy atom. The molecule has 1 aromatic carbocycles. The third-order valence-corrected chi connectivity index (χ3v) is 6.16. The maximum Gasteiger partial charge on any atom is 0.153 e. The fourth-order valence-corrected chi connectivity index (χ4v) is 5.81. The summed E-state index contributed by atoms with van der Waals surface area (Å²) in [7, 11) is 0. The monoisotopic (exact) mass is 300 g/mol. The Hall–Kier alpha value is -1.51. The van der Waals surface area contributed by atoms with Crippen molar-refractivity contribution in [1.82, 2.24) is 0 Å². The third kappa shape index (κ3) is 2.05. The molecule has 0 unspecified atom stereocenters. The number of benzene rings is 1. The van der Waals surface area contributed by atoms with Crippen LogP contribution in [0.5, 0.6) is 11.5 Å². The molecule has 1 N–H and O–H groups in total. The van der Waals surface area contributed by atoms with E-state index in [4.69, 9.17) is 4.74 Å². The Morgan fingerprint density at radius 3 is 2.27 bits per heavy atom. The van der Waals surface area contributed by atoms with Gasteiger partial charge in [0.15, 0.2) is 6.29 Å². The molecule has 4 saturated carbocycles. The van der Waals surface area contributed by atoms with Crippen LogP contribution in [0.2, 0.25) is 0 Å². The molecule has 4 fully saturated rings. The van der Waals surface area contributed by atoms with Crippen LogP contribution in [0.25, 0.3) is 0 Å². The standard InChI is InChI=1S/C19H24O3/c1-2-22-16-6-15(11-20)18(21)17(7-16)19-8-12-3-13(9-19)5-14(4-12)10-19/h6-7,11-14,21H,2-5,8-10H2,1H3. The fourth-order valence-electron chi connectivity index (χ4n) is 5.81. The third-order valence-electron chi connectivity index (χ3n) is 6.16. The summed E-state index contributed by atoms with van der Waals surface area (Å²) in [5.41, 5.74) is 1.42. The lowest BCUT2D eigenvalue weighted by molar-refractivity contribution is -0.00625. The maximum atomic E-state index is 11.3. The topological polar surface area (TPSA) is 46.5 Å². The molecule has 0 aliphatic heterocycles. The number of ether oxygens (including phenoxy) is 1. The van der Waals surface area contributed by atoms with E-state index in [2.05, 4.69) is 0 Å². The summed E-state index contributed by atoms with van der Waals surface area (Å²) >= 11 is 0. The van der Waals surface area contributed by atoms with Crippen LogP contribution in [0.3, 0.4) is 0 Å². The van der Waals surface area contributed by atoms with Gasteiger partial charge in [0.25, 0.3) is 0 Å². The van der Waals surface area contributed by atoms with E-state index in [9.17, 15) is 9.90 Å². The van der Waals surface area contributed by atoms with Crippen LogP contribution in [-0.2, 0) is 5.41 Å². The Labute approximate surface area is 131 Å². The molecule has 1 aromatic rings. The summed E-state index contributed by atoms with van der Waals surface area (Å²) in [6, 6.07) is 3.66. The minimum Gasteiger partial charge on any atom is -0.507 e. The molecule has 4 bridgehead atoms. The average Bonchev–Trinajstić information content (AvgIpc) is 2.47. The second-order valence-corrected chi connectivity index (χ2v) is 7.66. The molecule has 22 heavy (non-hydrogen) atoms. The van der Waals surface area contributed by atoms with E-state index >= 15 is 0 Å². The van der Waals surface area contributed by atoms with Gasteiger partial charge in [0.05, 0.1) is 12.2 Å². The normalized spacial score (nSPS) is 35.6. The molecule has 0 aromatic heterocycles. The maximum absolute atomic E-state index is 11.3. The molecular weight excluding hydrogens is 276 g/mol. The van der Waals surface area contributed by atoms with Crippen LogP contribution in [0.1, 0.15) is 61.4 Å². The molecule has 0 heterocycles. The number of aromatic hydroxyl groups is 1. The molecule has 0 spiro atoms. The molecule has 3 heteroatoms. The number of hydrogen-bond acceptors (Lipinski definition) is 3. The number of phenols is 1.